The van der Waals surface area contributed by atoms with Crippen LogP contribution in [0.3, 0.4) is 0 Å². The van der Waals surface area contributed by atoms with Gasteiger partial charge in [-0.1, -0.05) is 48.4 Å². The first-order valence-electron chi connectivity index (χ1n) is 7.40. The molecular formula is C18H21ClN2S. The summed E-state index contributed by atoms with van der Waals surface area (Å²) >= 11 is 11.4. The first-order valence-corrected chi connectivity index (χ1v) is 8.18. The standard InChI is InChI=1S/C18H21ClN2S/c1-4-17(16-9-8-12(2)10-13(16)3)21-18(22)20-15-7-5-6-14(19)11-15/h5-11,17H,4H2,1-3H3,(H2,20,21,22). The molecule has 1 atom stereocenters. The van der Waals surface area contributed by atoms with Crippen LogP contribution in [0.2, 0.25) is 5.02 Å². The fraction of sp³-hybridized carbons (Fsp3) is 0.278. The summed E-state index contributed by atoms with van der Waals surface area (Å²) in [6.45, 7) is 6.40. The monoisotopic (exact) mass is 332 g/mol. The van der Waals surface area contributed by atoms with Crippen LogP contribution in [-0.2, 0) is 0 Å². The van der Waals surface area contributed by atoms with Crippen molar-refractivity contribution in [1.29, 1.82) is 0 Å². The Hall–Kier alpha value is -1.58. The summed E-state index contributed by atoms with van der Waals surface area (Å²) in [6, 6.07) is 14.2. The molecule has 2 N–H and O–H groups in total. The minimum atomic E-state index is 0.194. The predicted octanol–water partition coefficient (Wildman–Crippen LogP) is 5.39. The number of rotatable bonds is 4. The van der Waals surface area contributed by atoms with E-state index in [9.17, 15) is 0 Å². The Morgan fingerprint density at radius 1 is 1.18 bits per heavy atom. The summed E-state index contributed by atoms with van der Waals surface area (Å²) in [6.07, 6.45) is 0.960. The van der Waals surface area contributed by atoms with Gasteiger partial charge >= 0.3 is 0 Å². The molecule has 0 aliphatic heterocycles. The number of hydrogen-bond acceptors (Lipinski definition) is 1. The molecule has 0 saturated heterocycles. The molecule has 0 spiro atoms. The zero-order valence-corrected chi connectivity index (χ0v) is 14.7. The maximum Gasteiger partial charge on any atom is 0.171 e. The van der Waals surface area contributed by atoms with Gasteiger partial charge in [0.1, 0.15) is 0 Å². The number of aryl methyl sites for hydroxylation is 2. The number of benzene rings is 2. The topological polar surface area (TPSA) is 24.1 Å². The highest BCUT2D eigenvalue weighted by molar-refractivity contribution is 7.80. The second-order valence-electron chi connectivity index (χ2n) is 5.43. The minimum Gasteiger partial charge on any atom is -0.356 e. The summed E-state index contributed by atoms with van der Waals surface area (Å²) in [5.74, 6) is 0. The SMILES string of the molecule is CCC(NC(=S)Nc1cccc(Cl)c1)c1ccc(C)cc1C. The molecule has 0 radical (unpaired) electrons. The number of thiocarbonyl (C=S) groups is 1. The molecule has 0 bridgehead atoms. The average molecular weight is 333 g/mol. The van der Waals surface area contributed by atoms with E-state index in [2.05, 4.69) is 49.6 Å². The quantitative estimate of drug-likeness (QED) is 0.733. The lowest BCUT2D eigenvalue weighted by Gasteiger charge is -2.22. The van der Waals surface area contributed by atoms with E-state index >= 15 is 0 Å². The van der Waals surface area contributed by atoms with Crippen LogP contribution in [0.25, 0.3) is 0 Å². The molecule has 0 amide bonds. The lowest BCUT2D eigenvalue weighted by Crippen LogP contribution is -2.32. The molecule has 0 aliphatic rings. The summed E-state index contributed by atoms with van der Waals surface area (Å²) in [4.78, 5) is 0. The van der Waals surface area contributed by atoms with Crippen LogP contribution in [0.1, 0.15) is 36.1 Å². The minimum absolute atomic E-state index is 0.194. The Bertz CT molecular complexity index is 670. The predicted molar refractivity (Wildman–Crippen MR) is 99.8 cm³/mol. The molecule has 0 saturated carbocycles. The smallest absolute Gasteiger partial charge is 0.171 e. The van der Waals surface area contributed by atoms with Gasteiger partial charge in [-0.15, -0.1) is 0 Å². The summed E-state index contributed by atoms with van der Waals surface area (Å²) in [5, 5.41) is 7.87. The molecule has 2 aromatic carbocycles. The molecule has 0 aromatic heterocycles. The number of nitrogens with one attached hydrogen (secondary N) is 2. The molecule has 1 unspecified atom stereocenters. The number of anilines is 1. The highest BCUT2D eigenvalue weighted by Gasteiger charge is 2.13. The van der Waals surface area contributed by atoms with Gasteiger partial charge in [-0.25, -0.2) is 0 Å². The van der Waals surface area contributed by atoms with E-state index in [0.29, 0.717) is 10.1 Å². The molecule has 116 valence electrons. The van der Waals surface area contributed by atoms with Crippen molar-refractivity contribution in [1.82, 2.24) is 5.32 Å². The fourth-order valence-corrected chi connectivity index (χ4v) is 2.96. The third-order valence-corrected chi connectivity index (χ3v) is 4.05. The van der Waals surface area contributed by atoms with Crippen molar-refractivity contribution in [2.45, 2.75) is 33.2 Å². The van der Waals surface area contributed by atoms with Crippen molar-refractivity contribution in [3.63, 3.8) is 0 Å². The molecule has 2 nitrogen and oxygen atoms in total. The first kappa shape index (κ1) is 16.8. The van der Waals surface area contributed by atoms with Gasteiger partial charge in [-0.2, -0.15) is 0 Å². The van der Waals surface area contributed by atoms with Gasteiger partial charge in [0.2, 0.25) is 0 Å². The van der Waals surface area contributed by atoms with Crippen LogP contribution in [0.15, 0.2) is 42.5 Å². The van der Waals surface area contributed by atoms with Gasteiger partial charge in [0.05, 0.1) is 6.04 Å². The van der Waals surface area contributed by atoms with E-state index in [1.54, 1.807) is 0 Å². The van der Waals surface area contributed by atoms with E-state index in [1.165, 1.54) is 16.7 Å². The van der Waals surface area contributed by atoms with Crippen molar-refractivity contribution in [3.8, 4) is 0 Å². The zero-order valence-electron chi connectivity index (χ0n) is 13.1. The molecular weight excluding hydrogens is 312 g/mol. The largest absolute Gasteiger partial charge is 0.356 e. The van der Waals surface area contributed by atoms with Gasteiger partial charge in [0.15, 0.2) is 5.11 Å². The van der Waals surface area contributed by atoms with Crippen LogP contribution in [0.5, 0.6) is 0 Å². The van der Waals surface area contributed by atoms with E-state index < -0.39 is 0 Å². The van der Waals surface area contributed by atoms with Crippen molar-refractivity contribution in [3.05, 3.63) is 64.2 Å². The molecule has 2 aromatic rings. The Morgan fingerprint density at radius 2 is 1.95 bits per heavy atom. The zero-order chi connectivity index (χ0) is 16.1. The van der Waals surface area contributed by atoms with Gasteiger partial charge < -0.3 is 10.6 Å². The molecule has 4 heteroatoms. The van der Waals surface area contributed by atoms with Crippen molar-refractivity contribution in [2.75, 3.05) is 5.32 Å². The molecule has 0 heterocycles. The molecule has 0 fully saturated rings. The highest BCUT2D eigenvalue weighted by atomic mass is 35.5. The van der Waals surface area contributed by atoms with Gasteiger partial charge in [-0.3, -0.25) is 0 Å². The summed E-state index contributed by atoms with van der Waals surface area (Å²) in [7, 11) is 0. The second-order valence-corrected chi connectivity index (χ2v) is 6.27. The number of halogens is 1. The van der Waals surface area contributed by atoms with Crippen molar-refractivity contribution in [2.24, 2.45) is 0 Å². The Balaban J connectivity index is 2.08. The molecule has 22 heavy (non-hydrogen) atoms. The van der Waals surface area contributed by atoms with Crippen molar-refractivity contribution < 1.29 is 0 Å². The van der Waals surface area contributed by atoms with E-state index in [-0.39, 0.29) is 6.04 Å². The van der Waals surface area contributed by atoms with Crippen LogP contribution in [-0.4, -0.2) is 5.11 Å². The van der Waals surface area contributed by atoms with Crippen LogP contribution in [0, 0.1) is 13.8 Å². The second kappa shape index (κ2) is 7.61. The lowest BCUT2D eigenvalue weighted by atomic mass is 9.98. The fourth-order valence-electron chi connectivity index (χ4n) is 2.51. The number of hydrogen-bond donors (Lipinski definition) is 2. The Labute approximate surface area is 142 Å². The van der Waals surface area contributed by atoms with Crippen molar-refractivity contribution >= 4 is 34.6 Å². The van der Waals surface area contributed by atoms with Crippen LogP contribution >= 0.6 is 23.8 Å². The van der Waals surface area contributed by atoms with E-state index in [1.807, 2.05) is 24.3 Å². The van der Waals surface area contributed by atoms with Gasteiger partial charge in [-0.05, 0) is 61.8 Å². The average Bonchev–Trinajstić information content (AvgIpc) is 2.45. The first-order chi connectivity index (χ1) is 10.5. The third kappa shape index (κ3) is 4.46. The Morgan fingerprint density at radius 3 is 2.59 bits per heavy atom. The van der Waals surface area contributed by atoms with Gasteiger partial charge in [0, 0.05) is 10.7 Å². The maximum atomic E-state index is 5.99. The van der Waals surface area contributed by atoms with E-state index in [4.69, 9.17) is 23.8 Å². The molecule has 2 rings (SSSR count). The normalized spacial score (nSPS) is 11.8. The Kier molecular flexibility index (Phi) is 5.81. The molecule has 0 aliphatic carbocycles. The lowest BCUT2D eigenvalue weighted by molar-refractivity contribution is 0.625. The van der Waals surface area contributed by atoms with E-state index in [0.717, 1.165) is 12.1 Å². The summed E-state index contributed by atoms with van der Waals surface area (Å²) < 4.78 is 0. The van der Waals surface area contributed by atoms with Gasteiger partial charge in [0.25, 0.3) is 0 Å². The van der Waals surface area contributed by atoms with Crippen LogP contribution < -0.4 is 10.6 Å². The maximum absolute atomic E-state index is 5.99. The highest BCUT2D eigenvalue weighted by Crippen LogP contribution is 2.22. The third-order valence-electron chi connectivity index (χ3n) is 3.60. The van der Waals surface area contributed by atoms with Crippen LogP contribution in [0.4, 0.5) is 5.69 Å². The summed E-state index contributed by atoms with van der Waals surface area (Å²) in [5.41, 5.74) is 4.73.